The monoisotopic (exact) mass is 244 g/mol. The second-order valence-electron chi connectivity index (χ2n) is 3.40. The molecule has 0 aliphatic heterocycles. The maximum absolute atomic E-state index is 5.22. The number of rotatable bonds is 3. The van der Waals surface area contributed by atoms with E-state index >= 15 is 0 Å². The van der Waals surface area contributed by atoms with Gasteiger partial charge in [-0.3, -0.25) is 5.43 Å². The average molecular weight is 244 g/mol. The van der Waals surface area contributed by atoms with E-state index in [0.29, 0.717) is 0 Å². The lowest BCUT2D eigenvalue weighted by molar-refractivity contribution is 1.04. The van der Waals surface area contributed by atoms with Crippen molar-refractivity contribution in [3.63, 3.8) is 0 Å². The summed E-state index contributed by atoms with van der Waals surface area (Å²) in [4.78, 5) is 3.20. The molecule has 2 aromatic rings. The molecular formula is C12H12N4S. The minimum atomic E-state index is 0.154. The molecule has 0 aliphatic rings. The summed E-state index contributed by atoms with van der Waals surface area (Å²) >= 11 is 4.61. The molecule has 4 nitrogen and oxygen atoms in total. The van der Waals surface area contributed by atoms with Crippen molar-refractivity contribution in [3.05, 3.63) is 42.1 Å². The highest BCUT2D eigenvalue weighted by molar-refractivity contribution is 7.80. The zero-order valence-corrected chi connectivity index (χ0v) is 9.87. The Balaban J connectivity index is 2.11. The highest BCUT2D eigenvalue weighted by atomic mass is 32.1. The summed E-state index contributed by atoms with van der Waals surface area (Å²) in [5.74, 6) is 0. The van der Waals surface area contributed by atoms with E-state index in [4.69, 9.17) is 5.73 Å². The number of allylic oxidation sites excluding steroid dienone is 1. The molecule has 1 aromatic heterocycles. The van der Waals surface area contributed by atoms with Crippen LogP contribution in [0.15, 0.2) is 41.6 Å². The van der Waals surface area contributed by atoms with Crippen LogP contribution in [0.1, 0.15) is 5.56 Å². The number of benzene rings is 1. The molecule has 0 amide bonds. The number of hydrogen-bond donors (Lipinski definition) is 3. The van der Waals surface area contributed by atoms with Crippen molar-refractivity contribution in [1.82, 2.24) is 10.4 Å². The fourth-order valence-electron chi connectivity index (χ4n) is 1.52. The van der Waals surface area contributed by atoms with Crippen molar-refractivity contribution < 1.29 is 0 Å². The quantitative estimate of drug-likeness (QED) is 0.439. The van der Waals surface area contributed by atoms with Crippen LogP contribution in [0.25, 0.3) is 17.0 Å². The first-order chi connectivity index (χ1) is 8.27. The first kappa shape index (κ1) is 11.3. The van der Waals surface area contributed by atoms with E-state index in [1.807, 2.05) is 36.5 Å². The number of H-pyrrole nitrogens is 1. The fraction of sp³-hybridized carbons (Fsp3) is 0. The first-order valence-corrected chi connectivity index (χ1v) is 5.49. The van der Waals surface area contributed by atoms with E-state index in [-0.39, 0.29) is 5.11 Å². The predicted molar refractivity (Wildman–Crippen MR) is 75.7 cm³/mol. The molecule has 0 saturated carbocycles. The van der Waals surface area contributed by atoms with Gasteiger partial charge in [-0.2, -0.15) is 5.10 Å². The zero-order valence-electron chi connectivity index (χ0n) is 9.05. The molecular weight excluding hydrogens is 232 g/mol. The number of hydrazone groups is 1. The van der Waals surface area contributed by atoms with Gasteiger partial charge in [-0.25, -0.2) is 0 Å². The fourth-order valence-corrected chi connectivity index (χ4v) is 1.58. The summed E-state index contributed by atoms with van der Waals surface area (Å²) in [6, 6.07) is 8.11. The zero-order chi connectivity index (χ0) is 12.1. The number of hydrogen-bond acceptors (Lipinski definition) is 2. The SMILES string of the molecule is NC(=S)NN=C/C=C/c1c[nH]c2ccccc12. The lowest BCUT2D eigenvalue weighted by Gasteiger charge is -1.91. The molecule has 1 heterocycles. The molecule has 4 N–H and O–H groups in total. The third kappa shape index (κ3) is 2.92. The van der Waals surface area contributed by atoms with Gasteiger partial charge in [0.15, 0.2) is 5.11 Å². The molecule has 0 bridgehead atoms. The molecule has 0 atom stereocenters. The average Bonchev–Trinajstić information content (AvgIpc) is 2.72. The molecule has 0 aliphatic carbocycles. The Hall–Kier alpha value is -2.14. The number of fused-ring (bicyclic) bond motifs is 1. The molecule has 0 spiro atoms. The lowest BCUT2D eigenvalue weighted by atomic mass is 10.2. The lowest BCUT2D eigenvalue weighted by Crippen LogP contribution is -2.23. The summed E-state index contributed by atoms with van der Waals surface area (Å²) in [6.07, 6.45) is 7.33. The Bertz CT molecular complexity index is 583. The summed E-state index contributed by atoms with van der Waals surface area (Å²) < 4.78 is 0. The van der Waals surface area contributed by atoms with E-state index in [1.165, 1.54) is 5.39 Å². The highest BCUT2D eigenvalue weighted by Gasteiger charge is 1.97. The Morgan fingerprint density at radius 1 is 1.41 bits per heavy atom. The van der Waals surface area contributed by atoms with Crippen molar-refractivity contribution >= 4 is 40.5 Å². The number of nitrogens with one attached hydrogen (secondary N) is 2. The van der Waals surface area contributed by atoms with Gasteiger partial charge in [0.25, 0.3) is 0 Å². The molecule has 5 heteroatoms. The van der Waals surface area contributed by atoms with Crippen molar-refractivity contribution in [2.24, 2.45) is 10.8 Å². The highest BCUT2D eigenvalue weighted by Crippen LogP contribution is 2.18. The Kier molecular flexibility index (Phi) is 3.52. The first-order valence-electron chi connectivity index (χ1n) is 5.08. The van der Waals surface area contributed by atoms with Crippen molar-refractivity contribution in [2.75, 3.05) is 0 Å². The molecule has 1 aromatic carbocycles. The smallest absolute Gasteiger partial charge is 0.184 e. The number of para-hydroxylation sites is 1. The maximum atomic E-state index is 5.22. The van der Waals surface area contributed by atoms with Gasteiger partial charge in [0.05, 0.1) is 0 Å². The Morgan fingerprint density at radius 2 is 2.24 bits per heavy atom. The van der Waals surface area contributed by atoms with Gasteiger partial charge in [-0.05, 0) is 29.9 Å². The number of nitrogens with two attached hydrogens (primary N) is 1. The summed E-state index contributed by atoms with van der Waals surface area (Å²) in [7, 11) is 0. The topological polar surface area (TPSA) is 66.2 Å². The van der Waals surface area contributed by atoms with Crippen molar-refractivity contribution in [1.29, 1.82) is 0 Å². The number of thiocarbonyl (C=S) groups is 1. The van der Waals surface area contributed by atoms with Crippen LogP contribution in [0.5, 0.6) is 0 Å². The molecule has 0 unspecified atom stereocenters. The van der Waals surface area contributed by atoms with E-state index in [1.54, 1.807) is 6.21 Å². The Morgan fingerprint density at radius 3 is 3.06 bits per heavy atom. The van der Waals surface area contributed by atoms with E-state index in [9.17, 15) is 0 Å². The molecule has 86 valence electrons. The minimum absolute atomic E-state index is 0.154. The van der Waals surface area contributed by atoms with Gasteiger partial charge in [0.2, 0.25) is 0 Å². The van der Waals surface area contributed by atoms with Crippen LogP contribution >= 0.6 is 12.2 Å². The van der Waals surface area contributed by atoms with E-state index in [2.05, 4.69) is 33.8 Å². The Labute approximate surface area is 104 Å². The number of nitrogens with zero attached hydrogens (tertiary/aromatic N) is 1. The van der Waals surface area contributed by atoms with Gasteiger partial charge >= 0.3 is 0 Å². The van der Waals surface area contributed by atoms with Crippen LogP contribution < -0.4 is 11.2 Å². The molecule has 2 rings (SSSR count). The van der Waals surface area contributed by atoms with Gasteiger partial charge in [-0.15, -0.1) is 0 Å². The van der Waals surface area contributed by atoms with Crippen molar-refractivity contribution in [2.45, 2.75) is 0 Å². The molecule has 0 fully saturated rings. The minimum Gasteiger partial charge on any atom is -0.375 e. The van der Waals surface area contributed by atoms with Gasteiger partial charge < -0.3 is 10.7 Å². The van der Waals surface area contributed by atoms with E-state index in [0.717, 1.165) is 11.1 Å². The molecule has 0 saturated heterocycles. The van der Waals surface area contributed by atoms with Crippen LogP contribution in [0, 0.1) is 0 Å². The maximum Gasteiger partial charge on any atom is 0.184 e. The van der Waals surface area contributed by atoms with Gasteiger partial charge in [0, 0.05) is 23.3 Å². The number of aromatic nitrogens is 1. The predicted octanol–water partition coefficient (Wildman–Crippen LogP) is 2.00. The van der Waals surface area contributed by atoms with Crippen LogP contribution in [-0.4, -0.2) is 16.3 Å². The second-order valence-corrected chi connectivity index (χ2v) is 3.84. The van der Waals surface area contributed by atoms with Crippen LogP contribution in [-0.2, 0) is 0 Å². The van der Waals surface area contributed by atoms with E-state index < -0.39 is 0 Å². The molecule has 17 heavy (non-hydrogen) atoms. The summed E-state index contributed by atoms with van der Waals surface area (Å²) in [6.45, 7) is 0. The second kappa shape index (κ2) is 5.27. The van der Waals surface area contributed by atoms with Gasteiger partial charge in [0.1, 0.15) is 0 Å². The largest absolute Gasteiger partial charge is 0.375 e. The third-order valence-corrected chi connectivity index (χ3v) is 2.32. The van der Waals surface area contributed by atoms with Crippen molar-refractivity contribution in [3.8, 4) is 0 Å². The third-order valence-electron chi connectivity index (χ3n) is 2.23. The normalized spacial score (nSPS) is 11.5. The van der Waals surface area contributed by atoms with Gasteiger partial charge in [-0.1, -0.05) is 24.3 Å². The number of aromatic amines is 1. The standard InChI is InChI=1S/C12H12N4S/c13-12(17)16-15-7-3-4-9-8-14-11-6-2-1-5-10(9)11/h1-8,14H,(H3,13,16,17)/b4-3+,15-7?. The summed E-state index contributed by atoms with van der Waals surface area (Å²) in [5.41, 5.74) is 9.93. The van der Waals surface area contributed by atoms with Crippen LogP contribution in [0.2, 0.25) is 0 Å². The van der Waals surface area contributed by atoms with Crippen LogP contribution in [0.4, 0.5) is 0 Å². The summed E-state index contributed by atoms with van der Waals surface area (Å²) in [5, 5.41) is 5.15. The molecule has 0 radical (unpaired) electrons. The van der Waals surface area contributed by atoms with Crippen LogP contribution in [0.3, 0.4) is 0 Å².